The van der Waals surface area contributed by atoms with Crippen LogP contribution in [0.3, 0.4) is 0 Å². The summed E-state index contributed by atoms with van der Waals surface area (Å²) >= 11 is 0. The summed E-state index contributed by atoms with van der Waals surface area (Å²) in [5.41, 5.74) is 3.28. The summed E-state index contributed by atoms with van der Waals surface area (Å²) in [4.78, 5) is 25.5. The van der Waals surface area contributed by atoms with Gasteiger partial charge in [-0.25, -0.2) is 0 Å². The lowest BCUT2D eigenvalue weighted by Crippen LogP contribution is -2.42. The van der Waals surface area contributed by atoms with Crippen molar-refractivity contribution in [3.63, 3.8) is 0 Å². The number of carbonyl (C=O) groups excluding carboxylic acids is 1. The van der Waals surface area contributed by atoms with Crippen molar-refractivity contribution in [3.05, 3.63) is 65.2 Å². The first-order valence-electron chi connectivity index (χ1n) is 13.3. The van der Waals surface area contributed by atoms with Gasteiger partial charge in [-0.15, -0.1) is 0 Å². The molecule has 0 aromatic heterocycles. The number of hydrogen-bond donors (Lipinski definition) is 3. The number of rotatable bonds is 12. The quantitative estimate of drug-likeness (QED) is 0.380. The summed E-state index contributed by atoms with van der Waals surface area (Å²) in [5, 5.41) is 21.1. The molecule has 0 aliphatic carbocycles. The first-order valence-corrected chi connectivity index (χ1v) is 13.3. The number of aliphatic hydroxyl groups is 1. The van der Waals surface area contributed by atoms with Gasteiger partial charge < -0.3 is 29.7 Å². The predicted molar refractivity (Wildman–Crippen MR) is 141 cm³/mol. The number of nitrogens with one attached hydrogen (secondary N) is 1. The number of carbonyl (C=O) groups is 2. The van der Waals surface area contributed by atoms with E-state index in [2.05, 4.69) is 10.2 Å². The minimum Gasteiger partial charge on any atom is -0.481 e. The average Bonchev–Trinajstić information content (AvgIpc) is 3.35. The third kappa shape index (κ3) is 7.85. The highest BCUT2D eigenvalue weighted by Crippen LogP contribution is 2.39. The Morgan fingerprint density at radius 2 is 1.92 bits per heavy atom. The maximum Gasteiger partial charge on any atom is 0.303 e. The SMILES string of the molecule is COCC1CCCN1CC1CC(c2ccc(CO)cc2)OC(c2cccc(NC(=O)CCCC(=O)O)c2)O1. The van der Waals surface area contributed by atoms with E-state index in [1.54, 1.807) is 13.2 Å². The molecule has 2 saturated heterocycles. The van der Waals surface area contributed by atoms with Gasteiger partial charge in [0.2, 0.25) is 5.91 Å². The number of methoxy groups -OCH3 is 1. The highest BCUT2D eigenvalue weighted by Gasteiger charge is 2.35. The Labute approximate surface area is 223 Å². The van der Waals surface area contributed by atoms with E-state index in [9.17, 15) is 14.7 Å². The molecular formula is C29H38N2O7. The largest absolute Gasteiger partial charge is 0.481 e. The predicted octanol–water partition coefficient (Wildman–Crippen LogP) is 4.03. The molecule has 2 aliphatic heterocycles. The van der Waals surface area contributed by atoms with Crippen LogP contribution in [0.25, 0.3) is 0 Å². The number of aliphatic carboxylic acids is 1. The summed E-state index contributed by atoms with van der Waals surface area (Å²) in [6, 6.07) is 15.6. The third-order valence-corrected chi connectivity index (χ3v) is 7.15. The molecule has 0 spiro atoms. The van der Waals surface area contributed by atoms with Gasteiger partial charge in [0.05, 0.1) is 25.4 Å². The van der Waals surface area contributed by atoms with Crippen LogP contribution >= 0.6 is 0 Å². The molecule has 2 fully saturated rings. The van der Waals surface area contributed by atoms with Crippen LogP contribution in [-0.2, 0) is 30.4 Å². The molecule has 2 aromatic rings. The lowest BCUT2D eigenvalue weighted by molar-refractivity contribution is -0.253. The van der Waals surface area contributed by atoms with Crippen molar-refractivity contribution in [2.75, 3.05) is 32.1 Å². The number of ether oxygens (including phenoxy) is 3. The second-order valence-electron chi connectivity index (χ2n) is 10.0. The second-order valence-corrected chi connectivity index (χ2v) is 10.0. The van der Waals surface area contributed by atoms with Crippen LogP contribution in [0.2, 0.25) is 0 Å². The zero-order valence-corrected chi connectivity index (χ0v) is 21.9. The van der Waals surface area contributed by atoms with Gasteiger partial charge in [-0.2, -0.15) is 0 Å². The molecular weight excluding hydrogens is 488 g/mol. The first-order chi connectivity index (χ1) is 18.4. The molecule has 0 saturated carbocycles. The van der Waals surface area contributed by atoms with Gasteiger partial charge in [0.1, 0.15) is 0 Å². The Kier molecular flexibility index (Phi) is 10.3. The number of likely N-dealkylation sites (tertiary alicyclic amines) is 1. The Morgan fingerprint density at radius 1 is 1.11 bits per heavy atom. The summed E-state index contributed by atoms with van der Waals surface area (Å²) in [6.07, 6.45) is 2.46. The Balaban J connectivity index is 1.49. The first kappa shape index (κ1) is 28.2. The molecule has 3 N–H and O–H groups in total. The van der Waals surface area contributed by atoms with Gasteiger partial charge in [-0.1, -0.05) is 36.4 Å². The fourth-order valence-corrected chi connectivity index (χ4v) is 5.20. The number of hydrogen-bond acceptors (Lipinski definition) is 7. The Hall–Kier alpha value is -2.82. The van der Waals surface area contributed by atoms with Gasteiger partial charge in [-0.3, -0.25) is 14.5 Å². The fourth-order valence-electron chi connectivity index (χ4n) is 5.20. The van der Waals surface area contributed by atoms with E-state index < -0.39 is 12.3 Å². The lowest BCUT2D eigenvalue weighted by Gasteiger charge is -2.39. The molecule has 38 heavy (non-hydrogen) atoms. The van der Waals surface area contributed by atoms with E-state index in [-0.39, 0.29) is 44.0 Å². The van der Waals surface area contributed by atoms with E-state index in [0.29, 0.717) is 24.8 Å². The van der Waals surface area contributed by atoms with Gasteiger partial charge >= 0.3 is 5.97 Å². The standard InChI is InChI=1S/C29H38N2O7/c1-36-19-24-7-4-14-31(24)17-25-16-26(21-12-10-20(18-32)11-13-21)38-29(37-25)22-5-2-6-23(15-22)30-27(33)8-3-9-28(34)35/h2,5-6,10-13,15,24-26,29,32H,3-4,7-9,14,16-19H2,1H3,(H,30,33)(H,34,35). The van der Waals surface area contributed by atoms with Crippen LogP contribution < -0.4 is 5.32 Å². The van der Waals surface area contributed by atoms with E-state index in [4.69, 9.17) is 19.3 Å². The molecule has 9 nitrogen and oxygen atoms in total. The second kappa shape index (κ2) is 13.8. The normalized spacial score (nSPS) is 23.8. The average molecular weight is 527 g/mol. The molecule has 4 unspecified atom stereocenters. The zero-order valence-electron chi connectivity index (χ0n) is 21.9. The van der Waals surface area contributed by atoms with Gasteiger partial charge in [0.25, 0.3) is 0 Å². The minimum absolute atomic E-state index is 0.00909. The number of anilines is 1. The Morgan fingerprint density at radius 3 is 2.66 bits per heavy atom. The molecule has 1 amide bonds. The highest BCUT2D eigenvalue weighted by molar-refractivity contribution is 5.90. The number of benzene rings is 2. The van der Waals surface area contributed by atoms with E-state index in [0.717, 1.165) is 42.6 Å². The molecule has 9 heteroatoms. The van der Waals surface area contributed by atoms with Gasteiger partial charge in [0, 0.05) is 50.2 Å². The van der Waals surface area contributed by atoms with Crippen molar-refractivity contribution >= 4 is 17.6 Å². The van der Waals surface area contributed by atoms with Crippen molar-refractivity contribution in [1.29, 1.82) is 0 Å². The van der Waals surface area contributed by atoms with Gasteiger partial charge in [-0.05, 0) is 49.1 Å². The van der Waals surface area contributed by atoms with E-state index in [1.165, 1.54) is 0 Å². The van der Waals surface area contributed by atoms with Crippen LogP contribution in [0, 0.1) is 0 Å². The summed E-state index contributed by atoms with van der Waals surface area (Å²) < 4.78 is 18.4. The van der Waals surface area contributed by atoms with Crippen LogP contribution in [0.5, 0.6) is 0 Å². The summed E-state index contributed by atoms with van der Waals surface area (Å²) in [5.74, 6) is -1.14. The van der Waals surface area contributed by atoms with Crippen molar-refractivity contribution in [2.45, 2.75) is 69.7 Å². The maximum atomic E-state index is 12.3. The topological polar surface area (TPSA) is 118 Å². The van der Waals surface area contributed by atoms with Crippen molar-refractivity contribution < 1.29 is 34.0 Å². The van der Waals surface area contributed by atoms with Crippen molar-refractivity contribution in [1.82, 2.24) is 4.90 Å². The van der Waals surface area contributed by atoms with Crippen LogP contribution in [-0.4, -0.2) is 65.9 Å². The highest BCUT2D eigenvalue weighted by atomic mass is 16.7. The van der Waals surface area contributed by atoms with E-state index >= 15 is 0 Å². The number of nitrogens with zero attached hydrogens (tertiary/aromatic N) is 1. The summed E-state index contributed by atoms with van der Waals surface area (Å²) in [7, 11) is 1.74. The molecule has 2 heterocycles. The molecule has 4 rings (SSSR count). The molecule has 0 radical (unpaired) electrons. The van der Waals surface area contributed by atoms with Gasteiger partial charge in [0.15, 0.2) is 6.29 Å². The summed E-state index contributed by atoms with van der Waals surface area (Å²) in [6.45, 7) is 2.48. The zero-order chi connectivity index (χ0) is 26.9. The van der Waals surface area contributed by atoms with Crippen molar-refractivity contribution in [2.24, 2.45) is 0 Å². The number of aliphatic hydroxyl groups excluding tert-OH is 1. The smallest absolute Gasteiger partial charge is 0.303 e. The monoisotopic (exact) mass is 526 g/mol. The minimum atomic E-state index is -0.913. The number of amides is 1. The van der Waals surface area contributed by atoms with Crippen LogP contribution in [0.1, 0.15) is 67.6 Å². The molecule has 206 valence electrons. The van der Waals surface area contributed by atoms with Crippen LogP contribution in [0.4, 0.5) is 5.69 Å². The lowest BCUT2D eigenvalue weighted by atomic mass is 9.99. The fraction of sp³-hybridized carbons (Fsp3) is 0.517. The van der Waals surface area contributed by atoms with E-state index in [1.807, 2.05) is 42.5 Å². The number of carboxylic acid groups (broad SMARTS) is 1. The molecule has 2 aliphatic rings. The molecule has 0 bridgehead atoms. The van der Waals surface area contributed by atoms with Crippen LogP contribution in [0.15, 0.2) is 48.5 Å². The van der Waals surface area contributed by atoms with Crippen molar-refractivity contribution in [3.8, 4) is 0 Å². The number of carboxylic acids is 1. The third-order valence-electron chi connectivity index (χ3n) is 7.15. The molecule has 4 atom stereocenters. The molecule has 2 aromatic carbocycles. The maximum absolute atomic E-state index is 12.3. The Bertz CT molecular complexity index is 1060.